The third-order valence-electron chi connectivity index (χ3n) is 2.69. The predicted octanol–water partition coefficient (Wildman–Crippen LogP) is 2.42. The minimum Gasteiger partial charge on any atom is -0.312 e. The highest BCUT2D eigenvalue weighted by Gasteiger charge is 2.13. The lowest BCUT2D eigenvalue weighted by Crippen LogP contribution is -2.20. The first kappa shape index (κ1) is 9.16. The van der Waals surface area contributed by atoms with Gasteiger partial charge in [-0.05, 0) is 25.3 Å². The van der Waals surface area contributed by atoms with E-state index in [2.05, 4.69) is 10.3 Å². The van der Waals surface area contributed by atoms with Crippen LogP contribution >= 0.6 is 11.3 Å². The molecule has 0 aliphatic heterocycles. The van der Waals surface area contributed by atoms with Gasteiger partial charge in [-0.15, -0.1) is 11.3 Å². The van der Waals surface area contributed by atoms with Crippen LogP contribution in [0.3, 0.4) is 0 Å². The summed E-state index contributed by atoms with van der Waals surface area (Å²) in [6.07, 6.45) is 7.68. The standard InChI is InChI=1S/C10H16N2S/c1-2-4-9(3-1)5-11-6-10-7-12-8-13-10/h7-9,11H,1-6H2. The fourth-order valence-corrected chi connectivity index (χ4v) is 2.51. The summed E-state index contributed by atoms with van der Waals surface area (Å²) < 4.78 is 0. The molecule has 0 amide bonds. The Bertz CT molecular complexity index is 227. The lowest BCUT2D eigenvalue weighted by Gasteiger charge is -2.08. The van der Waals surface area contributed by atoms with E-state index >= 15 is 0 Å². The molecule has 0 radical (unpaired) electrons. The van der Waals surface area contributed by atoms with E-state index in [9.17, 15) is 0 Å². The molecule has 72 valence electrons. The summed E-state index contributed by atoms with van der Waals surface area (Å²) in [5, 5.41) is 3.50. The van der Waals surface area contributed by atoms with Crippen molar-refractivity contribution in [3.05, 3.63) is 16.6 Å². The number of nitrogens with zero attached hydrogens (tertiary/aromatic N) is 1. The molecule has 1 N–H and O–H groups in total. The van der Waals surface area contributed by atoms with Gasteiger partial charge in [-0.3, -0.25) is 4.98 Å². The molecule has 1 aromatic heterocycles. The Morgan fingerprint density at radius 1 is 1.46 bits per heavy atom. The van der Waals surface area contributed by atoms with Crippen molar-refractivity contribution in [2.45, 2.75) is 32.2 Å². The molecule has 13 heavy (non-hydrogen) atoms. The Kier molecular flexibility index (Phi) is 3.33. The highest BCUT2D eigenvalue weighted by molar-refractivity contribution is 7.09. The molecule has 0 unspecified atom stereocenters. The van der Waals surface area contributed by atoms with Crippen LogP contribution in [-0.4, -0.2) is 11.5 Å². The van der Waals surface area contributed by atoms with Crippen LogP contribution in [0.2, 0.25) is 0 Å². The van der Waals surface area contributed by atoms with E-state index in [4.69, 9.17) is 0 Å². The van der Waals surface area contributed by atoms with Crippen LogP contribution in [0.4, 0.5) is 0 Å². The van der Waals surface area contributed by atoms with E-state index in [0.717, 1.165) is 12.5 Å². The van der Waals surface area contributed by atoms with E-state index in [1.807, 2.05) is 11.7 Å². The van der Waals surface area contributed by atoms with Gasteiger partial charge in [-0.2, -0.15) is 0 Å². The Morgan fingerprint density at radius 3 is 3.00 bits per heavy atom. The molecule has 1 heterocycles. The van der Waals surface area contributed by atoms with Crippen LogP contribution < -0.4 is 5.32 Å². The smallest absolute Gasteiger partial charge is 0.0794 e. The second-order valence-electron chi connectivity index (χ2n) is 3.75. The second kappa shape index (κ2) is 4.72. The van der Waals surface area contributed by atoms with E-state index in [1.165, 1.54) is 37.1 Å². The number of aromatic nitrogens is 1. The van der Waals surface area contributed by atoms with Crippen LogP contribution in [-0.2, 0) is 6.54 Å². The first-order valence-electron chi connectivity index (χ1n) is 5.03. The summed E-state index contributed by atoms with van der Waals surface area (Å²) in [6, 6.07) is 0. The molecule has 1 aromatic rings. The van der Waals surface area contributed by atoms with E-state index in [1.54, 1.807) is 11.3 Å². The summed E-state index contributed by atoms with van der Waals surface area (Å²) >= 11 is 1.73. The summed E-state index contributed by atoms with van der Waals surface area (Å²) in [5.74, 6) is 0.938. The van der Waals surface area contributed by atoms with Crippen LogP contribution in [0.25, 0.3) is 0 Å². The Morgan fingerprint density at radius 2 is 2.31 bits per heavy atom. The van der Waals surface area contributed by atoms with Gasteiger partial charge in [-0.25, -0.2) is 0 Å². The van der Waals surface area contributed by atoms with Gasteiger partial charge in [-0.1, -0.05) is 12.8 Å². The van der Waals surface area contributed by atoms with Crippen molar-refractivity contribution in [2.24, 2.45) is 5.92 Å². The lowest BCUT2D eigenvalue weighted by molar-refractivity contribution is 0.490. The maximum absolute atomic E-state index is 4.05. The molecule has 0 bridgehead atoms. The minimum atomic E-state index is 0.938. The average Bonchev–Trinajstić information content (AvgIpc) is 2.75. The van der Waals surface area contributed by atoms with Crippen molar-refractivity contribution >= 4 is 11.3 Å². The summed E-state index contributed by atoms with van der Waals surface area (Å²) in [7, 11) is 0. The third kappa shape index (κ3) is 2.78. The first-order chi connectivity index (χ1) is 6.45. The largest absolute Gasteiger partial charge is 0.312 e. The fraction of sp³-hybridized carbons (Fsp3) is 0.700. The molecule has 1 aliphatic carbocycles. The summed E-state index contributed by atoms with van der Waals surface area (Å²) in [4.78, 5) is 5.40. The normalized spacial score (nSPS) is 18.2. The van der Waals surface area contributed by atoms with Crippen molar-refractivity contribution in [3.8, 4) is 0 Å². The van der Waals surface area contributed by atoms with Crippen LogP contribution in [0.5, 0.6) is 0 Å². The molecule has 2 nitrogen and oxygen atoms in total. The molecule has 0 atom stereocenters. The number of nitrogens with one attached hydrogen (secondary N) is 1. The SMILES string of the molecule is c1ncc(CNCC2CCCC2)s1. The predicted molar refractivity (Wildman–Crippen MR) is 55.8 cm³/mol. The monoisotopic (exact) mass is 196 g/mol. The maximum atomic E-state index is 4.05. The highest BCUT2D eigenvalue weighted by Crippen LogP contribution is 2.23. The molecule has 0 aromatic carbocycles. The van der Waals surface area contributed by atoms with Gasteiger partial charge in [0.25, 0.3) is 0 Å². The molecular weight excluding hydrogens is 180 g/mol. The van der Waals surface area contributed by atoms with Gasteiger partial charge in [0.05, 0.1) is 5.51 Å². The number of rotatable bonds is 4. The van der Waals surface area contributed by atoms with Gasteiger partial charge in [0.15, 0.2) is 0 Å². The van der Waals surface area contributed by atoms with Gasteiger partial charge in [0, 0.05) is 17.6 Å². The fourth-order valence-electron chi connectivity index (χ4n) is 1.94. The van der Waals surface area contributed by atoms with E-state index in [0.29, 0.717) is 0 Å². The molecule has 1 aliphatic rings. The van der Waals surface area contributed by atoms with Crippen molar-refractivity contribution < 1.29 is 0 Å². The summed E-state index contributed by atoms with van der Waals surface area (Å²) in [5.41, 5.74) is 1.90. The van der Waals surface area contributed by atoms with Crippen LogP contribution in [0.15, 0.2) is 11.7 Å². The summed E-state index contributed by atoms with van der Waals surface area (Å²) in [6.45, 7) is 2.19. The van der Waals surface area contributed by atoms with Crippen molar-refractivity contribution in [2.75, 3.05) is 6.54 Å². The molecule has 0 spiro atoms. The molecular formula is C10H16N2S. The molecule has 1 saturated carbocycles. The number of hydrogen-bond donors (Lipinski definition) is 1. The zero-order chi connectivity index (χ0) is 8.93. The van der Waals surface area contributed by atoms with Gasteiger partial charge in [0.1, 0.15) is 0 Å². The zero-order valence-electron chi connectivity index (χ0n) is 7.83. The maximum Gasteiger partial charge on any atom is 0.0794 e. The van der Waals surface area contributed by atoms with Crippen molar-refractivity contribution in [1.29, 1.82) is 0 Å². The van der Waals surface area contributed by atoms with E-state index in [-0.39, 0.29) is 0 Å². The zero-order valence-corrected chi connectivity index (χ0v) is 8.65. The molecule has 3 heteroatoms. The number of thiazole rings is 1. The highest BCUT2D eigenvalue weighted by atomic mass is 32.1. The van der Waals surface area contributed by atoms with Gasteiger partial charge in [0.2, 0.25) is 0 Å². The topological polar surface area (TPSA) is 24.9 Å². The van der Waals surface area contributed by atoms with Gasteiger partial charge < -0.3 is 5.32 Å². The van der Waals surface area contributed by atoms with Crippen LogP contribution in [0.1, 0.15) is 30.6 Å². The number of hydrogen-bond acceptors (Lipinski definition) is 3. The Hall–Kier alpha value is -0.410. The van der Waals surface area contributed by atoms with Crippen molar-refractivity contribution in [1.82, 2.24) is 10.3 Å². The van der Waals surface area contributed by atoms with Crippen LogP contribution in [0, 0.1) is 5.92 Å². The molecule has 0 saturated heterocycles. The molecule has 2 rings (SSSR count). The van der Waals surface area contributed by atoms with E-state index < -0.39 is 0 Å². The third-order valence-corrected chi connectivity index (χ3v) is 3.47. The molecule has 1 fully saturated rings. The minimum absolute atomic E-state index is 0.938. The van der Waals surface area contributed by atoms with Crippen molar-refractivity contribution in [3.63, 3.8) is 0 Å². The quantitative estimate of drug-likeness (QED) is 0.800. The average molecular weight is 196 g/mol. The van der Waals surface area contributed by atoms with Gasteiger partial charge >= 0.3 is 0 Å². The lowest BCUT2D eigenvalue weighted by atomic mass is 10.1. The second-order valence-corrected chi connectivity index (χ2v) is 4.72. The Balaban J connectivity index is 1.63. The first-order valence-corrected chi connectivity index (χ1v) is 5.91. The Labute approximate surface area is 83.4 Å².